The molecule has 1 N–H and O–H groups in total. The molecule has 7 heteroatoms. The number of esters is 1. The number of ketones is 1. The molecular weight excluding hydrogens is 398 g/mol. The molecule has 0 atom stereocenters. The number of ether oxygens (including phenoxy) is 3. The van der Waals surface area contributed by atoms with Gasteiger partial charge < -0.3 is 19.5 Å². The highest BCUT2D eigenvalue weighted by molar-refractivity contribution is 6.03. The van der Waals surface area contributed by atoms with Gasteiger partial charge in [-0.15, -0.1) is 0 Å². The van der Waals surface area contributed by atoms with Gasteiger partial charge in [0.2, 0.25) is 0 Å². The Bertz CT molecular complexity index is 1050. The van der Waals surface area contributed by atoms with Crippen molar-refractivity contribution in [1.82, 2.24) is 0 Å². The highest BCUT2D eigenvalue weighted by Gasteiger charge is 2.16. The number of hydrogen-bond acceptors (Lipinski definition) is 6. The molecule has 3 aromatic rings. The number of hydrogen-bond donors (Lipinski definition) is 1. The topological polar surface area (TPSA) is 90.9 Å². The van der Waals surface area contributed by atoms with E-state index >= 15 is 0 Å². The standard InChI is InChI=1S/C24H21NO6/c1-29-18-11-13-19(14-12-18)30-16-23(27)25-21-10-6-5-9-20(21)24(28)31-15-22(26)17-7-3-2-4-8-17/h2-14H,15-16H2,1H3,(H,25,27). The van der Waals surface area contributed by atoms with E-state index < -0.39 is 18.5 Å². The minimum Gasteiger partial charge on any atom is -0.497 e. The van der Waals surface area contributed by atoms with Crippen LogP contribution in [0.25, 0.3) is 0 Å². The number of para-hydroxylation sites is 1. The van der Waals surface area contributed by atoms with Crippen LogP contribution in [-0.2, 0) is 9.53 Å². The first-order valence-corrected chi connectivity index (χ1v) is 9.48. The Balaban J connectivity index is 1.56. The van der Waals surface area contributed by atoms with Crippen LogP contribution in [0, 0.1) is 0 Å². The van der Waals surface area contributed by atoms with Gasteiger partial charge in [-0.25, -0.2) is 4.79 Å². The van der Waals surface area contributed by atoms with Gasteiger partial charge in [-0.05, 0) is 36.4 Å². The molecule has 0 aliphatic rings. The number of carbonyl (C=O) groups is 3. The fourth-order valence-electron chi connectivity index (χ4n) is 2.69. The minimum atomic E-state index is -0.712. The van der Waals surface area contributed by atoms with Gasteiger partial charge in [0.05, 0.1) is 18.4 Å². The maximum atomic E-state index is 12.5. The zero-order valence-electron chi connectivity index (χ0n) is 16.9. The summed E-state index contributed by atoms with van der Waals surface area (Å²) in [6, 6.07) is 21.7. The number of Topliss-reactive ketones (excluding diaryl/α,β-unsaturated/α-hetero) is 1. The lowest BCUT2D eigenvalue weighted by Gasteiger charge is -2.11. The SMILES string of the molecule is COc1ccc(OCC(=O)Nc2ccccc2C(=O)OCC(=O)c2ccccc2)cc1. The lowest BCUT2D eigenvalue weighted by Crippen LogP contribution is -2.22. The van der Waals surface area contributed by atoms with Gasteiger partial charge in [-0.2, -0.15) is 0 Å². The molecule has 0 saturated carbocycles. The molecule has 0 unspecified atom stereocenters. The van der Waals surface area contributed by atoms with Crippen LogP contribution >= 0.6 is 0 Å². The molecule has 0 aliphatic carbocycles. The molecule has 0 spiro atoms. The lowest BCUT2D eigenvalue weighted by atomic mass is 10.1. The van der Waals surface area contributed by atoms with Crippen LogP contribution < -0.4 is 14.8 Å². The first kappa shape index (κ1) is 21.6. The van der Waals surface area contributed by atoms with Crippen LogP contribution in [-0.4, -0.2) is 38.0 Å². The fraction of sp³-hybridized carbons (Fsp3) is 0.125. The number of benzene rings is 3. The van der Waals surface area contributed by atoms with Gasteiger partial charge in [0.1, 0.15) is 11.5 Å². The number of rotatable bonds is 9. The van der Waals surface area contributed by atoms with Crippen molar-refractivity contribution in [1.29, 1.82) is 0 Å². The van der Waals surface area contributed by atoms with Crippen molar-refractivity contribution in [2.24, 2.45) is 0 Å². The Morgan fingerprint density at radius 3 is 2.13 bits per heavy atom. The second-order valence-electron chi connectivity index (χ2n) is 6.42. The molecule has 0 aromatic heterocycles. The van der Waals surface area contributed by atoms with Crippen LogP contribution in [0.3, 0.4) is 0 Å². The van der Waals surface area contributed by atoms with Crippen molar-refractivity contribution in [3.05, 3.63) is 90.0 Å². The van der Waals surface area contributed by atoms with Crippen molar-refractivity contribution in [2.45, 2.75) is 0 Å². The second-order valence-corrected chi connectivity index (χ2v) is 6.42. The van der Waals surface area contributed by atoms with Crippen LogP contribution in [0.5, 0.6) is 11.5 Å². The predicted octanol–water partition coefficient (Wildman–Crippen LogP) is 3.75. The fourth-order valence-corrected chi connectivity index (χ4v) is 2.69. The highest BCUT2D eigenvalue weighted by Crippen LogP contribution is 2.18. The van der Waals surface area contributed by atoms with Crippen molar-refractivity contribution >= 4 is 23.3 Å². The molecular formula is C24H21NO6. The molecule has 3 aromatic carbocycles. The maximum Gasteiger partial charge on any atom is 0.340 e. The van der Waals surface area contributed by atoms with Gasteiger partial charge in [-0.3, -0.25) is 9.59 Å². The highest BCUT2D eigenvalue weighted by atomic mass is 16.5. The third-order valence-corrected chi connectivity index (χ3v) is 4.28. The monoisotopic (exact) mass is 419 g/mol. The van der Waals surface area contributed by atoms with Crippen molar-refractivity contribution in [3.8, 4) is 11.5 Å². The molecule has 31 heavy (non-hydrogen) atoms. The molecule has 3 rings (SSSR count). The molecule has 0 saturated heterocycles. The number of methoxy groups -OCH3 is 1. The summed E-state index contributed by atoms with van der Waals surface area (Å²) in [5.74, 6) is -0.297. The van der Waals surface area contributed by atoms with Crippen molar-refractivity contribution < 1.29 is 28.6 Å². The Morgan fingerprint density at radius 1 is 0.774 bits per heavy atom. The van der Waals surface area contributed by atoms with Gasteiger partial charge in [0.25, 0.3) is 5.91 Å². The first-order chi connectivity index (χ1) is 15.1. The summed E-state index contributed by atoms with van der Waals surface area (Å²) in [6.07, 6.45) is 0. The Hall–Kier alpha value is -4.13. The van der Waals surface area contributed by atoms with Crippen LogP contribution in [0.4, 0.5) is 5.69 Å². The summed E-state index contributed by atoms with van der Waals surface area (Å²) in [5.41, 5.74) is 0.858. The van der Waals surface area contributed by atoms with Crippen LogP contribution in [0.15, 0.2) is 78.9 Å². The van der Waals surface area contributed by atoms with Gasteiger partial charge in [0, 0.05) is 5.56 Å². The van der Waals surface area contributed by atoms with E-state index in [0.717, 1.165) is 0 Å². The summed E-state index contributed by atoms with van der Waals surface area (Å²) in [4.78, 5) is 36.9. The molecule has 0 aliphatic heterocycles. The van der Waals surface area contributed by atoms with Crippen molar-refractivity contribution in [3.63, 3.8) is 0 Å². The summed E-state index contributed by atoms with van der Waals surface area (Å²) >= 11 is 0. The van der Waals surface area contributed by atoms with E-state index in [2.05, 4.69) is 5.32 Å². The first-order valence-electron chi connectivity index (χ1n) is 9.48. The number of amides is 1. The molecule has 158 valence electrons. The van der Waals surface area contributed by atoms with E-state index in [1.54, 1.807) is 79.9 Å². The summed E-state index contributed by atoms with van der Waals surface area (Å²) in [6.45, 7) is -0.645. The van der Waals surface area contributed by atoms with Gasteiger partial charge in [-0.1, -0.05) is 42.5 Å². The molecule has 0 radical (unpaired) electrons. The Labute approximate surface area is 179 Å². The Morgan fingerprint density at radius 2 is 1.42 bits per heavy atom. The maximum absolute atomic E-state index is 12.5. The smallest absolute Gasteiger partial charge is 0.340 e. The number of carbonyl (C=O) groups excluding carboxylic acids is 3. The molecule has 7 nitrogen and oxygen atoms in total. The summed E-state index contributed by atoms with van der Waals surface area (Å²) in [7, 11) is 1.56. The van der Waals surface area contributed by atoms with Crippen molar-refractivity contribution in [2.75, 3.05) is 25.6 Å². The van der Waals surface area contributed by atoms with E-state index in [1.807, 2.05) is 0 Å². The minimum absolute atomic E-state index is 0.140. The molecule has 0 bridgehead atoms. The quantitative estimate of drug-likeness (QED) is 0.420. The van der Waals surface area contributed by atoms with Crippen LogP contribution in [0.2, 0.25) is 0 Å². The second kappa shape index (κ2) is 10.6. The molecule has 0 heterocycles. The number of nitrogens with one attached hydrogen (secondary N) is 1. The predicted molar refractivity (Wildman–Crippen MR) is 115 cm³/mol. The third-order valence-electron chi connectivity index (χ3n) is 4.28. The summed E-state index contributed by atoms with van der Waals surface area (Å²) in [5, 5.41) is 2.63. The number of anilines is 1. The van der Waals surface area contributed by atoms with Gasteiger partial charge >= 0.3 is 5.97 Å². The molecule has 1 amide bonds. The van der Waals surface area contributed by atoms with E-state index in [9.17, 15) is 14.4 Å². The van der Waals surface area contributed by atoms with E-state index in [4.69, 9.17) is 14.2 Å². The van der Waals surface area contributed by atoms with Crippen LogP contribution in [0.1, 0.15) is 20.7 Å². The lowest BCUT2D eigenvalue weighted by molar-refractivity contribution is -0.118. The van der Waals surface area contributed by atoms with Gasteiger partial charge in [0.15, 0.2) is 19.0 Å². The zero-order chi connectivity index (χ0) is 22.1. The summed E-state index contributed by atoms with van der Waals surface area (Å²) < 4.78 is 15.6. The molecule has 0 fully saturated rings. The largest absolute Gasteiger partial charge is 0.497 e. The average molecular weight is 419 g/mol. The van der Waals surface area contributed by atoms with E-state index in [0.29, 0.717) is 17.1 Å². The average Bonchev–Trinajstić information content (AvgIpc) is 2.82. The third kappa shape index (κ3) is 6.17. The van der Waals surface area contributed by atoms with E-state index in [-0.39, 0.29) is 23.6 Å². The van der Waals surface area contributed by atoms with E-state index in [1.165, 1.54) is 6.07 Å². The zero-order valence-corrected chi connectivity index (χ0v) is 16.9. The Kier molecular flexibility index (Phi) is 7.37. The normalized spacial score (nSPS) is 10.1.